The summed E-state index contributed by atoms with van der Waals surface area (Å²) in [6.07, 6.45) is 8.71. The highest BCUT2D eigenvalue weighted by Gasteiger charge is 2.32. The Hall–Kier alpha value is -1.14. The average Bonchev–Trinajstić information content (AvgIpc) is 2.92. The third kappa shape index (κ3) is 5.17. The molecule has 0 spiro atoms. The Morgan fingerprint density at radius 1 is 0.840 bits per heavy atom. The van der Waals surface area contributed by atoms with Crippen molar-refractivity contribution in [1.82, 2.24) is 14.7 Å². The van der Waals surface area contributed by atoms with Crippen LogP contribution in [-0.2, 0) is 9.59 Å². The van der Waals surface area contributed by atoms with E-state index in [1.807, 2.05) is 0 Å². The van der Waals surface area contributed by atoms with Crippen LogP contribution in [0.3, 0.4) is 0 Å². The second-order valence-corrected chi connectivity index (χ2v) is 7.97. The van der Waals surface area contributed by atoms with Gasteiger partial charge in [0.1, 0.15) is 0 Å². The van der Waals surface area contributed by atoms with E-state index < -0.39 is 5.97 Å². The minimum atomic E-state index is -0.648. The molecule has 0 radical (unpaired) electrons. The third-order valence-electron chi connectivity index (χ3n) is 6.19. The Kier molecular flexibility index (Phi) is 6.70. The molecule has 1 atom stereocenters. The zero-order valence-corrected chi connectivity index (χ0v) is 15.4. The maximum Gasteiger partial charge on any atom is 0.307 e. The lowest BCUT2D eigenvalue weighted by molar-refractivity contribution is -0.144. The lowest BCUT2D eigenvalue weighted by atomic mass is 9.94. The van der Waals surface area contributed by atoms with Gasteiger partial charge in [0.2, 0.25) is 5.91 Å². The van der Waals surface area contributed by atoms with Crippen molar-refractivity contribution in [3.05, 3.63) is 0 Å². The van der Waals surface area contributed by atoms with Gasteiger partial charge < -0.3 is 10.0 Å². The molecule has 1 unspecified atom stereocenters. The molecule has 0 aromatic rings. The number of carbonyl (C=O) groups is 2. The molecule has 3 aliphatic rings. The second-order valence-electron chi connectivity index (χ2n) is 7.97. The SMILES string of the molecule is O=C(O)C1CCCN(C2CCN(CC(=O)N3CCCCCC3)CC2)C1. The van der Waals surface area contributed by atoms with E-state index in [1.54, 1.807) is 0 Å². The molecular weight excluding hydrogens is 318 g/mol. The zero-order valence-electron chi connectivity index (χ0n) is 15.4. The molecule has 3 heterocycles. The van der Waals surface area contributed by atoms with Crippen molar-refractivity contribution in [1.29, 1.82) is 0 Å². The summed E-state index contributed by atoms with van der Waals surface area (Å²) in [5, 5.41) is 9.26. The van der Waals surface area contributed by atoms with Crippen molar-refractivity contribution in [2.24, 2.45) is 5.92 Å². The summed E-state index contributed by atoms with van der Waals surface area (Å²) in [5.74, 6) is -0.550. The molecule has 1 N–H and O–H groups in total. The number of carboxylic acids is 1. The van der Waals surface area contributed by atoms with Crippen molar-refractivity contribution < 1.29 is 14.7 Å². The molecule has 6 nitrogen and oxygen atoms in total. The standard InChI is InChI=1S/C19H33N3O3/c23-18(21-9-3-1-2-4-10-21)15-20-12-7-17(8-13-20)22-11-5-6-16(14-22)19(24)25/h16-17H,1-15H2,(H,24,25). The van der Waals surface area contributed by atoms with Crippen LogP contribution in [0.1, 0.15) is 51.4 Å². The van der Waals surface area contributed by atoms with Crippen LogP contribution in [0.25, 0.3) is 0 Å². The van der Waals surface area contributed by atoms with E-state index in [1.165, 1.54) is 12.8 Å². The molecule has 3 aliphatic heterocycles. The number of likely N-dealkylation sites (tertiary alicyclic amines) is 3. The summed E-state index contributed by atoms with van der Waals surface area (Å²) >= 11 is 0. The zero-order chi connectivity index (χ0) is 17.6. The number of carbonyl (C=O) groups excluding carboxylic acids is 1. The van der Waals surface area contributed by atoms with E-state index in [0.717, 1.165) is 71.2 Å². The fourth-order valence-electron chi connectivity index (χ4n) is 4.59. The van der Waals surface area contributed by atoms with Gasteiger partial charge in [-0.3, -0.25) is 19.4 Å². The number of hydrogen-bond donors (Lipinski definition) is 1. The van der Waals surface area contributed by atoms with Crippen LogP contribution in [0.4, 0.5) is 0 Å². The molecule has 3 rings (SSSR count). The molecule has 142 valence electrons. The van der Waals surface area contributed by atoms with Gasteiger partial charge in [0.05, 0.1) is 12.5 Å². The monoisotopic (exact) mass is 351 g/mol. The Bertz CT molecular complexity index is 455. The number of carboxylic acid groups (broad SMARTS) is 1. The molecule has 25 heavy (non-hydrogen) atoms. The first kappa shape index (κ1) is 18.6. The second kappa shape index (κ2) is 8.99. The summed E-state index contributed by atoms with van der Waals surface area (Å²) in [6, 6.07) is 0.492. The molecule has 0 saturated carbocycles. The number of piperidine rings is 2. The third-order valence-corrected chi connectivity index (χ3v) is 6.19. The van der Waals surface area contributed by atoms with Crippen molar-refractivity contribution in [2.45, 2.75) is 57.4 Å². The minimum absolute atomic E-state index is 0.198. The molecule has 0 aliphatic carbocycles. The minimum Gasteiger partial charge on any atom is -0.481 e. The van der Waals surface area contributed by atoms with Gasteiger partial charge in [0.15, 0.2) is 0 Å². The number of hydrogen-bond acceptors (Lipinski definition) is 4. The molecule has 0 aromatic heterocycles. The Morgan fingerprint density at radius 2 is 1.52 bits per heavy atom. The first-order valence-corrected chi connectivity index (χ1v) is 10.1. The highest BCUT2D eigenvalue weighted by molar-refractivity contribution is 5.78. The van der Waals surface area contributed by atoms with Gasteiger partial charge in [-0.25, -0.2) is 0 Å². The number of rotatable bonds is 4. The summed E-state index contributed by atoms with van der Waals surface area (Å²) in [4.78, 5) is 30.5. The van der Waals surface area contributed by atoms with Gasteiger partial charge in [-0.15, -0.1) is 0 Å². The smallest absolute Gasteiger partial charge is 0.307 e. The van der Waals surface area contributed by atoms with Gasteiger partial charge in [0, 0.05) is 38.8 Å². The molecule has 0 bridgehead atoms. The fraction of sp³-hybridized carbons (Fsp3) is 0.895. The summed E-state index contributed by atoms with van der Waals surface area (Å²) < 4.78 is 0. The van der Waals surface area contributed by atoms with E-state index in [4.69, 9.17) is 0 Å². The maximum atomic E-state index is 12.5. The number of amides is 1. The van der Waals surface area contributed by atoms with Crippen molar-refractivity contribution in [2.75, 3.05) is 45.8 Å². The van der Waals surface area contributed by atoms with Crippen LogP contribution >= 0.6 is 0 Å². The van der Waals surface area contributed by atoms with Gasteiger partial charge in [-0.05, 0) is 45.1 Å². The van der Waals surface area contributed by atoms with E-state index >= 15 is 0 Å². The normalized spacial score (nSPS) is 27.8. The van der Waals surface area contributed by atoms with Crippen LogP contribution in [-0.4, -0.2) is 83.5 Å². The van der Waals surface area contributed by atoms with Crippen LogP contribution < -0.4 is 0 Å². The summed E-state index contributed by atoms with van der Waals surface area (Å²) in [5.41, 5.74) is 0. The van der Waals surface area contributed by atoms with Crippen LogP contribution in [0.2, 0.25) is 0 Å². The topological polar surface area (TPSA) is 64.1 Å². The fourth-order valence-corrected chi connectivity index (χ4v) is 4.59. The van der Waals surface area contributed by atoms with Crippen molar-refractivity contribution >= 4 is 11.9 Å². The molecule has 3 saturated heterocycles. The molecule has 6 heteroatoms. The lowest BCUT2D eigenvalue weighted by Crippen LogP contribution is -2.51. The Labute approximate surface area is 151 Å². The largest absolute Gasteiger partial charge is 0.481 e. The number of aliphatic carboxylic acids is 1. The average molecular weight is 351 g/mol. The predicted octanol–water partition coefficient (Wildman–Crippen LogP) is 1.65. The predicted molar refractivity (Wildman–Crippen MR) is 96.4 cm³/mol. The van der Waals surface area contributed by atoms with E-state index in [9.17, 15) is 14.7 Å². The lowest BCUT2D eigenvalue weighted by Gasteiger charge is -2.41. The van der Waals surface area contributed by atoms with E-state index in [2.05, 4.69) is 14.7 Å². The van der Waals surface area contributed by atoms with Crippen LogP contribution in [0.5, 0.6) is 0 Å². The van der Waals surface area contributed by atoms with Crippen LogP contribution in [0.15, 0.2) is 0 Å². The van der Waals surface area contributed by atoms with E-state index in [0.29, 0.717) is 25.0 Å². The first-order valence-electron chi connectivity index (χ1n) is 10.1. The van der Waals surface area contributed by atoms with Crippen molar-refractivity contribution in [3.8, 4) is 0 Å². The maximum absolute atomic E-state index is 12.5. The Balaban J connectivity index is 1.42. The summed E-state index contributed by atoms with van der Waals surface area (Å²) in [7, 11) is 0. The van der Waals surface area contributed by atoms with Gasteiger partial charge in [0.25, 0.3) is 0 Å². The summed E-state index contributed by atoms with van der Waals surface area (Å²) in [6.45, 7) is 6.06. The van der Waals surface area contributed by atoms with Crippen LogP contribution in [0, 0.1) is 5.92 Å². The highest BCUT2D eigenvalue weighted by atomic mass is 16.4. The quantitative estimate of drug-likeness (QED) is 0.834. The Morgan fingerprint density at radius 3 is 2.16 bits per heavy atom. The van der Waals surface area contributed by atoms with Gasteiger partial charge >= 0.3 is 5.97 Å². The van der Waals surface area contributed by atoms with E-state index in [-0.39, 0.29) is 5.92 Å². The molecule has 0 aromatic carbocycles. The molecule has 1 amide bonds. The van der Waals surface area contributed by atoms with Gasteiger partial charge in [-0.2, -0.15) is 0 Å². The molecular formula is C19H33N3O3. The highest BCUT2D eigenvalue weighted by Crippen LogP contribution is 2.24. The van der Waals surface area contributed by atoms with Gasteiger partial charge in [-0.1, -0.05) is 12.8 Å². The first-order chi connectivity index (χ1) is 12.1. The number of nitrogens with zero attached hydrogens (tertiary/aromatic N) is 3. The van der Waals surface area contributed by atoms with Crippen molar-refractivity contribution in [3.63, 3.8) is 0 Å². The molecule has 3 fully saturated rings.